The molecule has 0 amide bonds. The minimum atomic E-state index is 0.428. The van der Waals surface area contributed by atoms with Crippen molar-refractivity contribution >= 4 is 16.3 Å². The van der Waals surface area contributed by atoms with E-state index in [1.165, 1.54) is 0 Å². The number of hydrogen-bond donors (Lipinski definition) is 0. The van der Waals surface area contributed by atoms with E-state index in [2.05, 4.69) is 30.0 Å². The van der Waals surface area contributed by atoms with Crippen LogP contribution in [0.1, 0.15) is 43.3 Å². The first-order chi connectivity index (χ1) is 11.2. The maximum atomic E-state index is 9.56. The largest absolute Gasteiger partial charge is 0.497 e. The van der Waals surface area contributed by atoms with Crippen LogP contribution >= 0.6 is 11.3 Å². The fourth-order valence-corrected chi connectivity index (χ4v) is 3.78. The van der Waals surface area contributed by atoms with Crippen LogP contribution in [0.15, 0.2) is 24.3 Å². The molecule has 118 valence electrons. The minimum Gasteiger partial charge on any atom is -0.497 e. The molecule has 0 bridgehead atoms. The zero-order chi connectivity index (χ0) is 16.4. The summed E-state index contributed by atoms with van der Waals surface area (Å²) in [6, 6.07) is 9.80. The lowest BCUT2D eigenvalue weighted by Crippen LogP contribution is -1.97. The molecule has 23 heavy (non-hydrogen) atoms. The van der Waals surface area contributed by atoms with Gasteiger partial charge in [-0.15, -0.1) is 0 Å². The fraction of sp³-hybridized carbons (Fsp3) is 0.353. The maximum absolute atomic E-state index is 9.56. The molecule has 3 aromatic rings. The number of ether oxygens (including phenoxy) is 1. The highest BCUT2D eigenvalue weighted by atomic mass is 32.1. The molecule has 2 heterocycles. The molecular weight excluding hydrogens is 308 g/mol. The van der Waals surface area contributed by atoms with Crippen LogP contribution in [-0.4, -0.2) is 21.7 Å². The number of hydrogen-bond acceptors (Lipinski definition) is 5. The summed E-state index contributed by atoms with van der Waals surface area (Å²) >= 11 is 1.57. The number of imidazole rings is 1. The number of methoxy groups -OCH3 is 1. The van der Waals surface area contributed by atoms with Gasteiger partial charge >= 0.3 is 0 Å². The minimum absolute atomic E-state index is 0.428. The summed E-state index contributed by atoms with van der Waals surface area (Å²) in [6.07, 6.45) is 2.08. The van der Waals surface area contributed by atoms with Gasteiger partial charge in [0.05, 0.1) is 7.11 Å². The molecule has 0 saturated carbocycles. The van der Waals surface area contributed by atoms with Crippen LogP contribution < -0.4 is 4.74 Å². The van der Waals surface area contributed by atoms with Crippen LogP contribution in [0.5, 0.6) is 5.75 Å². The average Bonchev–Trinajstić information content (AvgIpc) is 3.13. The summed E-state index contributed by atoms with van der Waals surface area (Å²) in [4.78, 5) is 5.41. The lowest BCUT2D eigenvalue weighted by Gasteiger charge is -2.06. The van der Waals surface area contributed by atoms with Crippen molar-refractivity contribution in [1.29, 1.82) is 5.26 Å². The third-order valence-electron chi connectivity index (χ3n) is 4.02. The highest BCUT2D eigenvalue weighted by Crippen LogP contribution is 2.32. The lowest BCUT2D eigenvalue weighted by atomic mass is 10.1. The Balaban J connectivity index is 2.08. The van der Waals surface area contributed by atoms with E-state index in [-0.39, 0.29) is 0 Å². The SMILES string of the molecule is CCC(CC)c1nn2c(C#N)c(-c3ccc(OC)cc3)nc2s1. The Hall–Kier alpha value is -2.39. The molecule has 0 aliphatic heterocycles. The number of rotatable bonds is 5. The van der Waals surface area contributed by atoms with Crippen LogP contribution in [-0.2, 0) is 0 Å². The standard InChI is InChI=1S/C17H18N4OS/c1-4-11(5-2)16-20-21-14(10-18)15(19-17(21)23-16)12-6-8-13(22-3)9-7-12/h6-9,11H,4-5H2,1-3H3. The number of fused-ring (bicyclic) bond motifs is 1. The molecule has 3 rings (SSSR count). The third kappa shape index (κ3) is 2.68. The highest BCUT2D eigenvalue weighted by molar-refractivity contribution is 7.16. The van der Waals surface area contributed by atoms with Gasteiger partial charge < -0.3 is 4.74 Å². The molecule has 0 aliphatic rings. The van der Waals surface area contributed by atoms with E-state index in [9.17, 15) is 5.26 Å². The van der Waals surface area contributed by atoms with Gasteiger partial charge in [-0.1, -0.05) is 25.2 Å². The van der Waals surface area contributed by atoms with Crippen LogP contribution in [0, 0.1) is 11.3 Å². The van der Waals surface area contributed by atoms with E-state index in [0.717, 1.165) is 34.1 Å². The number of benzene rings is 1. The van der Waals surface area contributed by atoms with Crippen molar-refractivity contribution in [3.63, 3.8) is 0 Å². The Bertz CT molecular complexity index is 853. The summed E-state index contributed by atoms with van der Waals surface area (Å²) in [7, 11) is 1.63. The second-order valence-electron chi connectivity index (χ2n) is 5.30. The molecule has 0 fully saturated rings. The Labute approximate surface area is 139 Å². The van der Waals surface area contributed by atoms with Gasteiger partial charge in [0.15, 0.2) is 5.69 Å². The molecule has 0 radical (unpaired) electrons. The summed E-state index contributed by atoms with van der Waals surface area (Å²) < 4.78 is 6.85. The van der Waals surface area contributed by atoms with Gasteiger partial charge in [0.1, 0.15) is 22.5 Å². The van der Waals surface area contributed by atoms with Crippen molar-refractivity contribution in [2.75, 3.05) is 7.11 Å². The van der Waals surface area contributed by atoms with E-state index in [1.54, 1.807) is 23.0 Å². The highest BCUT2D eigenvalue weighted by Gasteiger charge is 2.20. The first-order valence-electron chi connectivity index (χ1n) is 7.65. The van der Waals surface area contributed by atoms with Gasteiger partial charge in [0, 0.05) is 11.5 Å². The van der Waals surface area contributed by atoms with E-state index in [1.807, 2.05) is 24.3 Å². The normalized spacial score (nSPS) is 11.1. The van der Waals surface area contributed by atoms with Gasteiger partial charge in [0.25, 0.3) is 0 Å². The van der Waals surface area contributed by atoms with Crippen molar-refractivity contribution in [2.24, 2.45) is 0 Å². The van der Waals surface area contributed by atoms with Crippen molar-refractivity contribution in [2.45, 2.75) is 32.6 Å². The van der Waals surface area contributed by atoms with Gasteiger partial charge in [-0.2, -0.15) is 14.9 Å². The van der Waals surface area contributed by atoms with Gasteiger partial charge in [0.2, 0.25) is 4.96 Å². The van der Waals surface area contributed by atoms with Crippen molar-refractivity contribution in [3.8, 4) is 23.1 Å². The molecule has 0 unspecified atom stereocenters. The maximum Gasteiger partial charge on any atom is 0.214 e. The second-order valence-corrected chi connectivity index (χ2v) is 6.28. The zero-order valence-corrected chi connectivity index (χ0v) is 14.2. The fourth-order valence-electron chi connectivity index (χ4n) is 2.62. The second kappa shape index (κ2) is 6.39. The topological polar surface area (TPSA) is 63.2 Å². The smallest absolute Gasteiger partial charge is 0.214 e. The molecule has 5 nitrogen and oxygen atoms in total. The summed E-state index contributed by atoms with van der Waals surface area (Å²) in [6.45, 7) is 4.32. The van der Waals surface area contributed by atoms with Gasteiger partial charge in [-0.3, -0.25) is 0 Å². The number of aromatic nitrogens is 3. The third-order valence-corrected chi connectivity index (χ3v) is 5.09. The molecule has 2 aromatic heterocycles. The molecule has 0 spiro atoms. The van der Waals surface area contributed by atoms with Gasteiger partial charge in [-0.05, 0) is 37.1 Å². The van der Waals surface area contributed by atoms with Crippen LogP contribution in [0.4, 0.5) is 0 Å². The zero-order valence-electron chi connectivity index (χ0n) is 13.4. The predicted molar refractivity (Wildman–Crippen MR) is 90.9 cm³/mol. The first-order valence-corrected chi connectivity index (χ1v) is 8.47. The Kier molecular flexibility index (Phi) is 4.30. The van der Waals surface area contributed by atoms with Gasteiger partial charge in [-0.25, -0.2) is 4.98 Å². The molecule has 0 N–H and O–H groups in total. The van der Waals surface area contributed by atoms with E-state index >= 15 is 0 Å². The van der Waals surface area contributed by atoms with Crippen LogP contribution in [0.2, 0.25) is 0 Å². The molecular formula is C17H18N4OS. The molecule has 0 saturated heterocycles. The Morgan fingerprint density at radius 3 is 2.52 bits per heavy atom. The lowest BCUT2D eigenvalue weighted by molar-refractivity contribution is 0.415. The van der Waals surface area contributed by atoms with Crippen molar-refractivity contribution in [3.05, 3.63) is 35.0 Å². The van der Waals surface area contributed by atoms with Crippen LogP contribution in [0.3, 0.4) is 0 Å². The Morgan fingerprint density at radius 2 is 1.96 bits per heavy atom. The predicted octanol–water partition coefficient (Wildman–Crippen LogP) is 4.24. The van der Waals surface area contributed by atoms with E-state index in [0.29, 0.717) is 17.3 Å². The Morgan fingerprint density at radius 1 is 1.26 bits per heavy atom. The molecule has 1 aromatic carbocycles. The van der Waals surface area contributed by atoms with E-state index < -0.39 is 0 Å². The van der Waals surface area contributed by atoms with Crippen LogP contribution in [0.25, 0.3) is 16.2 Å². The molecule has 0 aliphatic carbocycles. The first kappa shape index (κ1) is 15.5. The molecule has 0 atom stereocenters. The van der Waals surface area contributed by atoms with Crippen molar-refractivity contribution < 1.29 is 4.74 Å². The monoisotopic (exact) mass is 326 g/mol. The van der Waals surface area contributed by atoms with E-state index in [4.69, 9.17) is 4.74 Å². The summed E-state index contributed by atoms with van der Waals surface area (Å²) in [5.74, 6) is 1.21. The number of nitrogens with zero attached hydrogens (tertiary/aromatic N) is 4. The van der Waals surface area contributed by atoms with Crippen molar-refractivity contribution in [1.82, 2.24) is 14.6 Å². The quantitative estimate of drug-likeness (QED) is 0.703. The average molecular weight is 326 g/mol. The molecule has 6 heteroatoms. The number of nitriles is 1. The summed E-state index contributed by atoms with van der Waals surface area (Å²) in [5.41, 5.74) is 2.05. The summed E-state index contributed by atoms with van der Waals surface area (Å²) in [5, 5.41) is 15.2.